The molecular weight excluding hydrogens is 423 g/mol. The smallest absolute Gasteiger partial charge is 0.407 e. The fraction of sp³-hybridized carbons (Fsp3) is 0.286. The molecule has 1 aliphatic rings. The standard InChI is InChI=1S/C21H19FN4O6/c1-11-7-14(26(30)31)8-15-18(11)23-19(12-5-6-24(10-12)21(28)29)25(20(15)27)13-3-4-17(32-2)16(22)9-13/h3-4,7-9,12H,5-6,10H2,1-2H3,(H,28,29)/t12-/m1/s1. The Kier molecular flexibility index (Phi) is 5.25. The summed E-state index contributed by atoms with van der Waals surface area (Å²) < 4.78 is 20.6. The lowest BCUT2D eigenvalue weighted by Crippen LogP contribution is -2.29. The summed E-state index contributed by atoms with van der Waals surface area (Å²) in [6.07, 6.45) is -0.654. The molecule has 0 radical (unpaired) electrons. The molecule has 2 heterocycles. The number of methoxy groups -OCH3 is 1. The minimum Gasteiger partial charge on any atom is -0.494 e. The van der Waals surface area contributed by atoms with E-state index in [9.17, 15) is 29.2 Å². The predicted molar refractivity (Wildman–Crippen MR) is 112 cm³/mol. The Morgan fingerprint density at radius 3 is 2.69 bits per heavy atom. The first-order valence-electron chi connectivity index (χ1n) is 9.74. The van der Waals surface area contributed by atoms with Crippen LogP contribution in [0.2, 0.25) is 0 Å². The van der Waals surface area contributed by atoms with Crippen molar-refractivity contribution in [2.24, 2.45) is 0 Å². The summed E-state index contributed by atoms with van der Waals surface area (Å²) in [7, 11) is 1.31. The monoisotopic (exact) mass is 442 g/mol. The second kappa shape index (κ2) is 7.91. The number of aromatic nitrogens is 2. The van der Waals surface area contributed by atoms with Crippen LogP contribution >= 0.6 is 0 Å². The lowest BCUT2D eigenvalue weighted by Gasteiger charge is -2.19. The van der Waals surface area contributed by atoms with Gasteiger partial charge in [0.2, 0.25) is 0 Å². The van der Waals surface area contributed by atoms with Crippen molar-refractivity contribution in [3.8, 4) is 11.4 Å². The highest BCUT2D eigenvalue weighted by molar-refractivity contribution is 5.84. The fourth-order valence-electron chi connectivity index (χ4n) is 4.03. The number of nitrogens with zero attached hydrogens (tertiary/aromatic N) is 4. The van der Waals surface area contributed by atoms with Crippen LogP contribution in [-0.2, 0) is 0 Å². The molecule has 3 aromatic rings. The van der Waals surface area contributed by atoms with Gasteiger partial charge >= 0.3 is 6.09 Å². The van der Waals surface area contributed by atoms with E-state index >= 15 is 0 Å². The fourth-order valence-corrected chi connectivity index (χ4v) is 4.03. The van der Waals surface area contributed by atoms with E-state index in [2.05, 4.69) is 4.98 Å². The zero-order valence-electron chi connectivity index (χ0n) is 17.2. The zero-order valence-corrected chi connectivity index (χ0v) is 17.2. The van der Waals surface area contributed by atoms with Crippen LogP contribution in [0.25, 0.3) is 16.6 Å². The van der Waals surface area contributed by atoms with Gasteiger partial charge in [0.15, 0.2) is 11.6 Å². The molecule has 2 aromatic carbocycles. The van der Waals surface area contributed by atoms with Gasteiger partial charge in [0, 0.05) is 37.2 Å². The summed E-state index contributed by atoms with van der Waals surface area (Å²) in [5, 5.41) is 20.6. The number of fused-ring (bicyclic) bond motifs is 1. The topological polar surface area (TPSA) is 128 Å². The normalized spacial score (nSPS) is 15.8. The molecule has 11 heteroatoms. The van der Waals surface area contributed by atoms with Gasteiger partial charge in [0.05, 0.1) is 28.6 Å². The molecule has 1 aromatic heterocycles. The number of ether oxygens (including phenoxy) is 1. The van der Waals surface area contributed by atoms with Crippen LogP contribution in [0.5, 0.6) is 5.75 Å². The van der Waals surface area contributed by atoms with E-state index in [1.807, 2.05) is 0 Å². The molecule has 1 N–H and O–H groups in total. The number of hydrogen-bond donors (Lipinski definition) is 1. The first-order valence-corrected chi connectivity index (χ1v) is 9.74. The van der Waals surface area contributed by atoms with Crippen LogP contribution < -0.4 is 10.3 Å². The summed E-state index contributed by atoms with van der Waals surface area (Å²) in [6, 6.07) is 6.44. The molecule has 1 saturated heterocycles. The number of aryl methyl sites for hydroxylation is 1. The SMILES string of the molecule is COc1ccc(-n2c([C@@H]3CCN(C(=O)O)C3)nc3c(C)cc([N+](=O)[O-])cc3c2=O)cc1F. The molecule has 1 atom stereocenters. The van der Waals surface area contributed by atoms with Crippen molar-refractivity contribution >= 4 is 22.7 Å². The van der Waals surface area contributed by atoms with Gasteiger partial charge in [-0.2, -0.15) is 0 Å². The predicted octanol–water partition coefficient (Wildman–Crippen LogP) is 3.22. The van der Waals surface area contributed by atoms with Gasteiger partial charge in [-0.15, -0.1) is 0 Å². The molecule has 0 unspecified atom stereocenters. The number of halogens is 1. The molecule has 32 heavy (non-hydrogen) atoms. The first-order chi connectivity index (χ1) is 15.2. The third kappa shape index (κ3) is 3.51. The first kappa shape index (κ1) is 21.2. The van der Waals surface area contributed by atoms with Crippen molar-refractivity contribution in [2.45, 2.75) is 19.3 Å². The number of amides is 1. The molecule has 166 valence electrons. The highest BCUT2D eigenvalue weighted by atomic mass is 19.1. The van der Waals surface area contributed by atoms with E-state index < -0.39 is 28.3 Å². The van der Waals surface area contributed by atoms with Gasteiger partial charge in [-0.3, -0.25) is 19.5 Å². The zero-order chi connectivity index (χ0) is 23.2. The number of nitro benzene ring substituents is 1. The van der Waals surface area contributed by atoms with E-state index in [1.165, 1.54) is 34.8 Å². The number of non-ortho nitro benzene ring substituents is 1. The number of nitro groups is 1. The summed E-state index contributed by atoms with van der Waals surface area (Å²) >= 11 is 0. The minimum atomic E-state index is -1.08. The number of likely N-dealkylation sites (tertiary alicyclic amines) is 1. The Morgan fingerprint density at radius 2 is 2.09 bits per heavy atom. The van der Waals surface area contributed by atoms with E-state index in [-0.39, 0.29) is 46.9 Å². The van der Waals surface area contributed by atoms with Crippen LogP contribution in [0.1, 0.15) is 23.7 Å². The van der Waals surface area contributed by atoms with Crippen molar-refractivity contribution in [3.63, 3.8) is 0 Å². The average Bonchev–Trinajstić information content (AvgIpc) is 3.24. The Bertz CT molecular complexity index is 1320. The maximum absolute atomic E-state index is 14.5. The summed E-state index contributed by atoms with van der Waals surface area (Å²) in [5.41, 5.74) is 0.0288. The number of carboxylic acid groups (broad SMARTS) is 1. The summed E-state index contributed by atoms with van der Waals surface area (Å²) in [6.45, 7) is 2.00. The Hall–Kier alpha value is -4.02. The molecule has 10 nitrogen and oxygen atoms in total. The molecular formula is C21H19FN4O6. The van der Waals surface area contributed by atoms with Gasteiger partial charge in [-0.05, 0) is 31.0 Å². The number of carbonyl (C=O) groups is 1. The van der Waals surface area contributed by atoms with Gasteiger partial charge in [-0.25, -0.2) is 14.2 Å². The van der Waals surface area contributed by atoms with Crippen molar-refractivity contribution < 1.29 is 24.0 Å². The van der Waals surface area contributed by atoms with Crippen LogP contribution in [0.4, 0.5) is 14.9 Å². The number of benzene rings is 2. The van der Waals surface area contributed by atoms with Crippen LogP contribution in [0.3, 0.4) is 0 Å². The van der Waals surface area contributed by atoms with Crippen LogP contribution in [0.15, 0.2) is 35.1 Å². The second-order valence-corrected chi connectivity index (χ2v) is 7.56. The molecule has 1 aliphatic heterocycles. The minimum absolute atomic E-state index is 0.0125. The van der Waals surface area contributed by atoms with Crippen molar-refractivity contribution in [1.82, 2.24) is 14.5 Å². The second-order valence-electron chi connectivity index (χ2n) is 7.56. The molecule has 0 bridgehead atoms. The van der Waals surface area contributed by atoms with Crippen LogP contribution in [0, 0.1) is 22.9 Å². The van der Waals surface area contributed by atoms with Crippen LogP contribution in [-0.4, -0.2) is 50.8 Å². The van der Waals surface area contributed by atoms with Crippen molar-refractivity contribution in [3.05, 3.63) is 68.0 Å². The maximum Gasteiger partial charge on any atom is 0.407 e. The largest absolute Gasteiger partial charge is 0.494 e. The molecule has 4 rings (SSSR count). The van der Waals surface area contributed by atoms with Gasteiger partial charge in [-0.1, -0.05) is 0 Å². The summed E-state index contributed by atoms with van der Waals surface area (Å²) in [5.74, 6) is -0.853. The Balaban J connectivity index is 2.01. The number of rotatable bonds is 4. The maximum atomic E-state index is 14.5. The molecule has 1 fully saturated rings. The van der Waals surface area contributed by atoms with Gasteiger partial charge in [0.25, 0.3) is 11.2 Å². The van der Waals surface area contributed by atoms with Gasteiger partial charge < -0.3 is 14.7 Å². The lowest BCUT2D eigenvalue weighted by molar-refractivity contribution is -0.384. The average molecular weight is 442 g/mol. The Morgan fingerprint density at radius 1 is 1.34 bits per heavy atom. The Labute approximate surface area is 180 Å². The van der Waals surface area contributed by atoms with E-state index in [1.54, 1.807) is 6.92 Å². The highest BCUT2D eigenvalue weighted by Crippen LogP contribution is 2.31. The third-order valence-electron chi connectivity index (χ3n) is 5.60. The molecule has 0 aliphatic carbocycles. The van der Waals surface area contributed by atoms with Gasteiger partial charge in [0.1, 0.15) is 5.82 Å². The summed E-state index contributed by atoms with van der Waals surface area (Å²) in [4.78, 5) is 41.5. The van der Waals surface area contributed by atoms with Crippen molar-refractivity contribution in [1.29, 1.82) is 0 Å². The van der Waals surface area contributed by atoms with Crippen molar-refractivity contribution in [2.75, 3.05) is 20.2 Å². The molecule has 1 amide bonds. The highest BCUT2D eigenvalue weighted by Gasteiger charge is 2.32. The molecule has 0 spiro atoms. The number of hydrogen-bond acceptors (Lipinski definition) is 6. The third-order valence-corrected chi connectivity index (χ3v) is 5.60. The van der Waals surface area contributed by atoms with E-state index in [4.69, 9.17) is 4.74 Å². The lowest BCUT2D eigenvalue weighted by atomic mass is 10.1. The molecule has 0 saturated carbocycles. The quantitative estimate of drug-likeness (QED) is 0.485. The van der Waals surface area contributed by atoms with E-state index in [0.717, 1.165) is 12.1 Å². The van der Waals surface area contributed by atoms with E-state index in [0.29, 0.717) is 12.0 Å².